The smallest absolute Gasteiger partial charge is 0.335 e. The molecular formula is C34H37FN4O7S. The quantitative estimate of drug-likeness (QED) is 0.118. The van der Waals surface area contributed by atoms with Gasteiger partial charge in [-0.15, -0.1) is 11.3 Å². The summed E-state index contributed by atoms with van der Waals surface area (Å²) in [4.78, 5) is 28.4. The Hall–Kier alpha value is -4.40. The Morgan fingerprint density at radius 2 is 1.81 bits per heavy atom. The lowest BCUT2D eigenvalue weighted by molar-refractivity contribution is -0.117. The van der Waals surface area contributed by atoms with Crippen molar-refractivity contribution in [1.82, 2.24) is 10.3 Å². The van der Waals surface area contributed by atoms with Gasteiger partial charge in [0.25, 0.3) is 0 Å². The van der Waals surface area contributed by atoms with Gasteiger partial charge in [-0.25, -0.2) is 14.2 Å². The highest BCUT2D eigenvalue weighted by molar-refractivity contribution is 7.13. The van der Waals surface area contributed by atoms with E-state index in [1.807, 2.05) is 19.1 Å². The van der Waals surface area contributed by atoms with Crippen LogP contribution in [0.4, 0.5) is 9.52 Å². The maximum absolute atomic E-state index is 15.4. The van der Waals surface area contributed by atoms with E-state index < -0.39 is 17.3 Å². The molecule has 13 heteroatoms. The van der Waals surface area contributed by atoms with E-state index in [-0.39, 0.29) is 30.2 Å². The highest BCUT2D eigenvalue weighted by Gasteiger charge is 2.35. The van der Waals surface area contributed by atoms with Crippen molar-refractivity contribution in [3.63, 3.8) is 0 Å². The van der Waals surface area contributed by atoms with E-state index in [0.717, 1.165) is 11.1 Å². The Bertz CT molecular complexity index is 1670. The lowest BCUT2D eigenvalue weighted by Gasteiger charge is -2.37. The fourth-order valence-corrected chi connectivity index (χ4v) is 5.88. The molecule has 3 aromatic carbocycles. The highest BCUT2D eigenvalue weighted by atomic mass is 32.1. The van der Waals surface area contributed by atoms with Crippen LogP contribution in [-0.4, -0.2) is 68.1 Å². The normalized spacial score (nSPS) is 15.6. The summed E-state index contributed by atoms with van der Waals surface area (Å²) in [5, 5.41) is 17.8. The molecule has 0 saturated carbocycles. The van der Waals surface area contributed by atoms with E-state index >= 15 is 4.39 Å². The first kappa shape index (κ1) is 33.9. The third-order valence-electron chi connectivity index (χ3n) is 7.60. The van der Waals surface area contributed by atoms with Gasteiger partial charge in [0, 0.05) is 48.3 Å². The Kier molecular flexibility index (Phi) is 11.5. The minimum absolute atomic E-state index is 0.113. The Balaban J connectivity index is 1.38. The monoisotopic (exact) mass is 664 g/mol. The first-order valence-electron chi connectivity index (χ1n) is 15.2. The van der Waals surface area contributed by atoms with Gasteiger partial charge in [0.1, 0.15) is 18.2 Å². The summed E-state index contributed by atoms with van der Waals surface area (Å²) >= 11 is 1.35. The van der Waals surface area contributed by atoms with Gasteiger partial charge in [-0.05, 0) is 66.4 Å². The van der Waals surface area contributed by atoms with Crippen molar-refractivity contribution in [3.05, 3.63) is 88.7 Å². The van der Waals surface area contributed by atoms with Crippen molar-refractivity contribution in [2.45, 2.75) is 25.3 Å². The van der Waals surface area contributed by atoms with Crippen LogP contribution in [0.15, 0.2) is 66.2 Å². The van der Waals surface area contributed by atoms with Crippen molar-refractivity contribution in [2.75, 3.05) is 51.4 Å². The topological polar surface area (TPSA) is 154 Å². The minimum Gasteiger partial charge on any atom is -0.487 e. The predicted octanol–water partition coefficient (Wildman–Crippen LogP) is 5.20. The maximum atomic E-state index is 15.4. The first-order chi connectivity index (χ1) is 22.8. The summed E-state index contributed by atoms with van der Waals surface area (Å²) < 4.78 is 38.7. The molecule has 1 aliphatic rings. The standard InChI is InChI=1S/C34H37FN4O7S/c1-34(21-31(40)39-33-37-11-17-47-33)27-20-30(29(18-24(27)8-10-38-34)45-16-15-44-14-13-43-12-9-36)46-25-6-7-26(28(35)19-25)22-2-4-23(5-3-22)32(41)42/h2-7,11,17-20,38H,8-10,12-16,21,36H2,1H3,(H,41,42)(H,37,39,40). The van der Waals surface area contributed by atoms with E-state index in [2.05, 4.69) is 15.6 Å². The molecule has 1 aliphatic heterocycles. The average Bonchev–Trinajstić information content (AvgIpc) is 3.56. The van der Waals surface area contributed by atoms with Gasteiger partial charge in [0.15, 0.2) is 16.6 Å². The second kappa shape index (κ2) is 15.9. The predicted molar refractivity (Wildman–Crippen MR) is 176 cm³/mol. The molecule has 11 nitrogen and oxygen atoms in total. The summed E-state index contributed by atoms with van der Waals surface area (Å²) in [6.45, 7) is 4.89. The molecule has 1 unspecified atom stereocenters. The van der Waals surface area contributed by atoms with Gasteiger partial charge in [-0.1, -0.05) is 12.1 Å². The molecule has 5 N–H and O–H groups in total. The Morgan fingerprint density at radius 1 is 1.04 bits per heavy atom. The number of anilines is 1. The molecule has 0 bridgehead atoms. The number of hydrogen-bond donors (Lipinski definition) is 4. The number of hydrogen-bond acceptors (Lipinski definition) is 10. The minimum atomic E-state index is -1.06. The molecule has 0 fully saturated rings. The molecule has 0 aliphatic carbocycles. The second-order valence-corrected chi connectivity index (χ2v) is 11.9. The number of aromatic nitrogens is 1. The van der Waals surface area contributed by atoms with Crippen LogP contribution in [0.1, 0.15) is 34.8 Å². The number of nitrogens with two attached hydrogens (primary N) is 1. The number of nitrogens with zero attached hydrogens (tertiary/aromatic N) is 1. The number of carboxylic acids is 1. The van der Waals surface area contributed by atoms with Crippen molar-refractivity contribution >= 4 is 28.3 Å². The summed E-state index contributed by atoms with van der Waals surface area (Å²) in [5.74, 6) is -0.745. The second-order valence-electron chi connectivity index (χ2n) is 11.0. The van der Waals surface area contributed by atoms with Crippen LogP contribution in [0.3, 0.4) is 0 Å². The van der Waals surface area contributed by atoms with Crippen molar-refractivity contribution < 1.29 is 38.0 Å². The number of rotatable bonds is 16. The zero-order valence-corrected chi connectivity index (χ0v) is 26.7. The van der Waals surface area contributed by atoms with Gasteiger partial charge >= 0.3 is 5.97 Å². The molecule has 1 amide bonds. The van der Waals surface area contributed by atoms with Gasteiger partial charge in [-0.3, -0.25) is 4.79 Å². The Labute approximate surface area is 275 Å². The van der Waals surface area contributed by atoms with Crippen LogP contribution in [-0.2, 0) is 26.2 Å². The van der Waals surface area contributed by atoms with Crippen LogP contribution in [0.2, 0.25) is 0 Å². The molecule has 1 atom stereocenters. The molecule has 0 saturated heterocycles. The number of amides is 1. The van der Waals surface area contributed by atoms with Gasteiger partial charge in [0.2, 0.25) is 5.91 Å². The summed E-state index contributed by atoms with van der Waals surface area (Å²) in [6, 6.07) is 14.2. The van der Waals surface area contributed by atoms with Crippen LogP contribution in [0.5, 0.6) is 17.2 Å². The van der Waals surface area contributed by atoms with Gasteiger partial charge < -0.3 is 40.4 Å². The zero-order chi connectivity index (χ0) is 33.2. The third kappa shape index (κ3) is 8.90. The van der Waals surface area contributed by atoms with Gasteiger partial charge in [-0.2, -0.15) is 0 Å². The van der Waals surface area contributed by atoms with E-state index in [1.165, 1.54) is 29.5 Å². The highest BCUT2D eigenvalue weighted by Crippen LogP contribution is 2.41. The lowest BCUT2D eigenvalue weighted by Crippen LogP contribution is -2.47. The molecule has 1 aromatic heterocycles. The number of benzene rings is 3. The van der Waals surface area contributed by atoms with Crippen LogP contribution < -0.4 is 25.8 Å². The fourth-order valence-electron chi connectivity index (χ4n) is 5.34. The maximum Gasteiger partial charge on any atom is 0.335 e. The number of carboxylic acid groups (broad SMARTS) is 1. The number of nitrogens with one attached hydrogen (secondary N) is 2. The van der Waals surface area contributed by atoms with Crippen molar-refractivity contribution in [3.8, 4) is 28.4 Å². The van der Waals surface area contributed by atoms with E-state index in [1.54, 1.807) is 35.8 Å². The molecule has 2 heterocycles. The summed E-state index contributed by atoms with van der Waals surface area (Å²) in [7, 11) is 0. The number of ether oxygens (including phenoxy) is 4. The van der Waals surface area contributed by atoms with Crippen LogP contribution in [0.25, 0.3) is 11.1 Å². The summed E-state index contributed by atoms with van der Waals surface area (Å²) in [6.07, 6.45) is 2.48. The number of fused-ring (bicyclic) bond motifs is 1. The fraction of sp³-hybridized carbons (Fsp3) is 0.324. The number of carbonyl (C=O) groups is 2. The van der Waals surface area contributed by atoms with E-state index in [4.69, 9.17) is 24.7 Å². The number of carbonyl (C=O) groups excluding carboxylic acids is 1. The SMILES string of the molecule is CC1(CC(=O)Nc2nccs2)NCCc2cc(OCCOCCOCCN)c(Oc3ccc(-c4ccc(C(=O)O)cc4)c(F)c3)cc21. The largest absolute Gasteiger partial charge is 0.487 e. The van der Waals surface area contributed by atoms with Crippen LogP contribution in [0, 0.1) is 5.82 Å². The van der Waals surface area contributed by atoms with Crippen molar-refractivity contribution in [2.24, 2.45) is 5.73 Å². The average molecular weight is 665 g/mol. The molecule has 0 spiro atoms. The van der Waals surface area contributed by atoms with Gasteiger partial charge in [0.05, 0.1) is 32.0 Å². The number of thiazole rings is 1. The zero-order valence-electron chi connectivity index (χ0n) is 25.9. The van der Waals surface area contributed by atoms with E-state index in [9.17, 15) is 14.7 Å². The molecule has 0 radical (unpaired) electrons. The van der Waals surface area contributed by atoms with Crippen molar-refractivity contribution in [1.29, 1.82) is 0 Å². The van der Waals surface area contributed by atoms with E-state index in [0.29, 0.717) is 73.7 Å². The Morgan fingerprint density at radius 3 is 2.51 bits per heavy atom. The van der Waals surface area contributed by atoms with Crippen LogP contribution >= 0.6 is 11.3 Å². The molecule has 248 valence electrons. The number of aromatic carboxylic acids is 1. The first-order valence-corrected chi connectivity index (χ1v) is 16.0. The summed E-state index contributed by atoms with van der Waals surface area (Å²) in [5.41, 5.74) is 7.51. The molecule has 47 heavy (non-hydrogen) atoms. The molecule has 5 rings (SSSR count). The third-order valence-corrected chi connectivity index (χ3v) is 8.29. The number of halogens is 1. The lowest BCUT2D eigenvalue weighted by atomic mass is 9.81. The molecular weight excluding hydrogens is 627 g/mol. The molecule has 4 aromatic rings.